The lowest BCUT2D eigenvalue weighted by Crippen LogP contribution is -2.05. The lowest BCUT2D eigenvalue weighted by molar-refractivity contribution is -0.136. The highest BCUT2D eigenvalue weighted by Crippen LogP contribution is 2.24. The number of carboxylic acid groups (broad SMARTS) is 1. The fraction of sp³-hybridized carbons (Fsp3) is 0.158. The zero-order valence-electron chi connectivity index (χ0n) is 12.9. The second-order valence-electron chi connectivity index (χ2n) is 5.59. The van der Waals surface area contributed by atoms with Gasteiger partial charge >= 0.3 is 5.97 Å². The van der Waals surface area contributed by atoms with E-state index >= 15 is 0 Å². The Morgan fingerprint density at radius 1 is 1.13 bits per heavy atom. The summed E-state index contributed by atoms with van der Waals surface area (Å²) < 4.78 is 0. The van der Waals surface area contributed by atoms with Crippen LogP contribution in [0.25, 0.3) is 10.9 Å². The highest BCUT2D eigenvalue weighted by molar-refractivity contribution is 5.91. The first-order valence-electron chi connectivity index (χ1n) is 7.52. The first-order valence-corrected chi connectivity index (χ1v) is 7.52. The topological polar surface area (TPSA) is 62.2 Å². The zero-order valence-corrected chi connectivity index (χ0v) is 12.9. The maximum atomic E-state index is 11.0. The Morgan fingerprint density at radius 2 is 1.87 bits per heavy atom. The molecule has 3 rings (SSSR count). The largest absolute Gasteiger partial charge is 0.481 e. The molecule has 1 heterocycles. The van der Waals surface area contributed by atoms with Crippen LogP contribution in [-0.4, -0.2) is 16.1 Å². The number of pyridine rings is 1. The van der Waals surface area contributed by atoms with Gasteiger partial charge in [-0.2, -0.15) is 0 Å². The van der Waals surface area contributed by atoms with Crippen LogP contribution in [0.15, 0.2) is 54.6 Å². The molecule has 0 unspecified atom stereocenters. The molecule has 0 aliphatic heterocycles. The fourth-order valence-electron chi connectivity index (χ4n) is 2.53. The van der Waals surface area contributed by atoms with Gasteiger partial charge in [0.25, 0.3) is 0 Å². The number of para-hydroxylation sites is 1. The molecule has 0 aliphatic carbocycles. The summed E-state index contributed by atoms with van der Waals surface area (Å²) in [6.07, 6.45) is -0.0793. The van der Waals surface area contributed by atoms with Crippen LogP contribution >= 0.6 is 0 Å². The Bertz CT molecular complexity index is 842. The van der Waals surface area contributed by atoms with E-state index in [1.807, 2.05) is 30.3 Å². The number of nitrogens with zero attached hydrogens (tertiary/aromatic N) is 1. The van der Waals surface area contributed by atoms with Gasteiger partial charge in [-0.25, -0.2) is 0 Å². The van der Waals surface area contributed by atoms with Crippen molar-refractivity contribution in [3.63, 3.8) is 0 Å². The molecular weight excluding hydrogens is 288 g/mol. The molecule has 0 aliphatic rings. The number of rotatable bonds is 5. The number of hydrogen-bond donors (Lipinski definition) is 2. The van der Waals surface area contributed by atoms with Crippen LogP contribution in [0.1, 0.15) is 16.8 Å². The van der Waals surface area contributed by atoms with E-state index in [2.05, 4.69) is 41.5 Å². The van der Waals surface area contributed by atoms with Crippen molar-refractivity contribution in [2.45, 2.75) is 19.9 Å². The Balaban J connectivity index is 1.91. The fourth-order valence-corrected chi connectivity index (χ4v) is 2.53. The van der Waals surface area contributed by atoms with Crippen LogP contribution in [0.3, 0.4) is 0 Å². The molecule has 0 spiro atoms. The van der Waals surface area contributed by atoms with Crippen LogP contribution in [0.4, 0.5) is 5.69 Å². The molecule has 0 fully saturated rings. The molecule has 3 aromatic rings. The van der Waals surface area contributed by atoms with Crippen molar-refractivity contribution in [1.29, 1.82) is 0 Å². The number of benzene rings is 2. The van der Waals surface area contributed by atoms with Crippen molar-refractivity contribution in [1.82, 2.24) is 4.98 Å². The molecular formula is C19H18N2O2. The van der Waals surface area contributed by atoms with E-state index in [1.165, 1.54) is 11.1 Å². The summed E-state index contributed by atoms with van der Waals surface area (Å²) >= 11 is 0. The number of carbonyl (C=O) groups is 1. The molecule has 1 aromatic heterocycles. The molecule has 2 N–H and O–H groups in total. The van der Waals surface area contributed by atoms with Crippen molar-refractivity contribution in [2.24, 2.45) is 0 Å². The van der Waals surface area contributed by atoms with E-state index in [1.54, 1.807) is 0 Å². The first-order chi connectivity index (χ1) is 11.1. The monoisotopic (exact) mass is 306 g/mol. The number of aromatic nitrogens is 1. The summed E-state index contributed by atoms with van der Waals surface area (Å²) in [5.74, 6) is -0.878. The van der Waals surface area contributed by atoms with Gasteiger partial charge in [-0.3, -0.25) is 9.78 Å². The van der Waals surface area contributed by atoms with E-state index in [9.17, 15) is 4.79 Å². The lowest BCUT2D eigenvalue weighted by atomic mass is 10.1. The minimum Gasteiger partial charge on any atom is -0.481 e. The van der Waals surface area contributed by atoms with Gasteiger partial charge in [0.05, 0.1) is 17.6 Å². The SMILES string of the molecule is Cc1ccc(CNc2cc(CC(=O)O)nc3ccccc23)cc1. The first kappa shape index (κ1) is 15.0. The van der Waals surface area contributed by atoms with Crippen LogP contribution in [-0.2, 0) is 17.8 Å². The molecule has 4 nitrogen and oxygen atoms in total. The minimum atomic E-state index is -0.878. The average molecular weight is 306 g/mol. The average Bonchev–Trinajstić information content (AvgIpc) is 2.53. The highest BCUT2D eigenvalue weighted by atomic mass is 16.4. The van der Waals surface area contributed by atoms with Crippen LogP contribution in [0.2, 0.25) is 0 Å². The predicted molar refractivity (Wildman–Crippen MR) is 91.6 cm³/mol. The second-order valence-corrected chi connectivity index (χ2v) is 5.59. The molecule has 0 amide bonds. The van der Waals surface area contributed by atoms with Gasteiger partial charge in [-0.05, 0) is 24.6 Å². The summed E-state index contributed by atoms with van der Waals surface area (Å²) in [6, 6.07) is 17.9. The number of fused-ring (bicyclic) bond motifs is 1. The summed E-state index contributed by atoms with van der Waals surface area (Å²) in [7, 11) is 0. The van der Waals surface area contributed by atoms with Crippen LogP contribution < -0.4 is 5.32 Å². The molecule has 0 bridgehead atoms. The molecule has 116 valence electrons. The number of carboxylic acids is 1. The number of aliphatic carboxylic acids is 1. The third-order valence-electron chi connectivity index (χ3n) is 3.71. The summed E-state index contributed by atoms with van der Waals surface area (Å²) in [4.78, 5) is 15.4. The number of aryl methyl sites for hydroxylation is 1. The maximum absolute atomic E-state index is 11.0. The summed E-state index contributed by atoms with van der Waals surface area (Å²) in [6.45, 7) is 2.74. The third kappa shape index (κ3) is 3.66. The Morgan fingerprint density at radius 3 is 2.61 bits per heavy atom. The molecule has 0 radical (unpaired) electrons. The molecule has 0 atom stereocenters. The standard InChI is InChI=1S/C19H18N2O2/c1-13-6-8-14(9-7-13)12-20-18-10-15(11-19(22)23)21-17-5-3-2-4-16(17)18/h2-10H,11-12H2,1H3,(H,20,21)(H,22,23). The molecule has 23 heavy (non-hydrogen) atoms. The molecule has 2 aromatic carbocycles. The van der Waals surface area contributed by atoms with Gasteiger partial charge in [0.1, 0.15) is 0 Å². The van der Waals surface area contributed by atoms with E-state index in [4.69, 9.17) is 5.11 Å². The Labute approximate surface area is 134 Å². The molecule has 0 saturated carbocycles. The van der Waals surface area contributed by atoms with Gasteiger partial charge in [0, 0.05) is 17.6 Å². The van der Waals surface area contributed by atoms with E-state index in [0.717, 1.165) is 16.6 Å². The van der Waals surface area contributed by atoms with Gasteiger partial charge < -0.3 is 10.4 Å². The van der Waals surface area contributed by atoms with Gasteiger partial charge in [0.2, 0.25) is 0 Å². The van der Waals surface area contributed by atoms with Crippen molar-refractivity contribution >= 4 is 22.6 Å². The Kier molecular flexibility index (Phi) is 4.24. The maximum Gasteiger partial charge on any atom is 0.309 e. The number of hydrogen-bond acceptors (Lipinski definition) is 3. The normalized spacial score (nSPS) is 10.7. The highest BCUT2D eigenvalue weighted by Gasteiger charge is 2.08. The smallest absolute Gasteiger partial charge is 0.309 e. The quantitative estimate of drug-likeness (QED) is 0.753. The predicted octanol–water partition coefficient (Wildman–Crippen LogP) is 3.78. The van der Waals surface area contributed by atoms with E-state index in [0.29, 0.717) is 12.2 Å². The minimum absolute atomic E-state index is 0.0793. The van der Waals surface area contributed by atoms with Gasteiger partial charge in [0.15, 0.2) is 0 Å². The van der Waals surface area contributed by atoms with Crippen LogP contribution in [0, 0.1) is 6.92 Å². The van der Waals surface area contributed by atoms with Crippen LogP contribution in [0.5, 0.6) is 0 Å². The number of anilines is 1. The summed E-state index contributed by atoms with van der Waals surface area (Å²) in [5, 5.41) is 13.4. The van der Waals surface area contributed by atoms with Crippen molar-refractivity contribution in [3.05, 3.63) is 71.4 Å². The second kappa shape index (κ2) is 6.48. The molecule has 0 saturated heterocycles. The van der Waals surface area contributed by atoms with Crippen molar-refractivity contribution < 1.29 is 9.90 Å². The van der Waals surface area contributed by atoms with E-state index in [-0.39, 0.29) is 6.42 Å². The van der Waals surface area contributed by atoms with Gasteiger partial charge in [-0.15, -0.1) is 0 Å². The Hall–Kier alpha value is -2.88. The number of nitrogens with one attached hydrogen (secondary N) is 1. The zero-order chi connectivity index (χ0) is 16.2. The molecule has 4 heteroatoms. The van der Waals surface area contributed by atoms with Crippen molar-refractivity contribution in [3.8, 4) is 0 Å². The van der Waals surface area contributed by atoms with Gasteiger partial charge in [-0.1, -0.05) is 48.0 Å². The van der Waals surface area contributed by atoms with E-state index < -0.39 is 5.97 Å². The third-order valence-corrected chi connectivity index (χ3v) is 3.71. The summed E-state index contributed by atoms with van der Waals surface area (Å²) in [5.41, 5.74) is 4.68. The van der Waals surface area contributed by atoms with Crippen molar-refractivity contribution in [2.75, 3.05) is 5.32 Å². The lowest BCUT2D eigenvalue weighted by Gasteiger charge is -2.12.